The number of hydrogen-bond donors (Lipinski definition) is 3. The maximum absolute atomic E-state index is 13.1. The number of hydrogen-bond acceptors (Lipinski definition) is 5. The predicted molar refractivity (Wildman–Crippen MR) is 101 cm³/mol. The lowest BCUT2D eigenvalue weighted by atomic mass is 10.1. The van der Waals surface area contributed by atoms with Gasteiger partial charge in [0.15, 0.2) is 5.30 Å². The highest BCUT2D eigenvalue weighted by atomic mass is 31.1. The van der Waals surface area contributed by atoms with E-state index >= 15 is 0 Å². The van der Waals surface area contributed by atoms with Crippen LogP contribution in [0.2, 0.25) is 0 Å². The molecule has 6 nitrogen and oxygen atoms in total. The second-order valence-corrected chi connectivity index (χ2v) is 7.26. The Balaban J connectivity index is 0.000000313. The van der Waals surface area contributed by atoms with Gasteiger partial charge < -0.3 is 20.6 Å². The molecular formula is C19H22FN2O4P. The second kappa shape index (κ2) is 10.2. The van der Waals surface area contributed by atoms with Gasteiger partial charge in [0.05, 0.1) is 6.10 Å². The Morgan fingerprint density at radius 1 is 1.33 bits per heavy atom. The first-order valence-electron chi connectivity index (χ1n) is 8.57. The molecule has 2 aromatic carbocycles. The number of rotatable bonds is 3. The fourth-order valence-corrected chi connectivity index (χ4v) is 2.97. The van der Waals surface area contributed by atoms with Gasteiger partial charge in [0.25, 0.3) is 5.91 Å². The van der Waals surface area contributed by atoms with Crippen LogP contribution in [-0.4, -0.2) is 30.2 Å². The maximum atomic E-state index is 13.1. The average Bonchev–Trinajstić information content (AvgIpc) is 2.66. The monoisotopic (exact) mass is 392 g/mol. The molecular weight excluding hydrogens is 370 g/mol. The first kappa shape index (κ1) is 21.1. The quantitative estimate of drug-likeness (QED) is 0.692. The van der Waals surface area contributed by atoms with E-state index in [1.807, 2.05) is 0 Å². The first-order chi connectivity index (χ1) is 12.9. The smallest absolute Gasteiger partial charge is 0.348 e. The number of carbonyl (C=O) groups is 1. The zero-order valence-corrected chi connectivity index (χ0v) is 15.8. The van der Waals surface area contributed by atoms with Crippen molar-refractivity contribution in [3.05, 3.63) is 59.4 Å². The fourth-order valence-electron chi connectivity index (χ4n) is 2.52. The molecule has 0 spiro atoms. The number of aliphatic hydroxyl groups is 1. The van der Waals surface area contributed by atoms with Gasteiger partial charge in [0.2, 0.25) is 0 Å². The number of anilines is 1. The van der Waals surface area contributed by atoms with Crippen LogP contribution in [0.25, 0.3) is 0 Å². The zero-order chi connectivity index (χ0) is 19.8. The van der Waals surface area contributed by atoms with Gasteiger partial charge in [-0.3, -0.25) is 4.79 Å². The van der Waals surface area contributed by atoms with Crippen molar-refractivity contribution in [1.29, 1.82) is 0 Å². The van der Waals surface area contributed by atoms with Crippen LogP contribution >= 0.6 is 8.03 Å². The predicted octanol–water partition coefficient (Wildman–Crippen LogP) is 1.85. The summed E-state index contributed by atoms with van der Waals surface area (Å²) in [6, 6.07) is 9.90. The number of carbonyl (C=O) groups excluding carboxylic acids is 1. The average molecular weight is 392 g/mol. The Morgan fingerprint density at radius 3 is 2.67 bits per heavy atom. The SMILES string of the molecule is Cc1cc(NC(=O)c2cccc([P+](=O)[O-])c2)ccc1F.OC1CCCNC1. The third kappa shape index (κ3) is 6.81. The molecule has 1 saturated heterocycles. The Labute approximate surface area is 158 Å². The number of aryl methyl sites for hydroxylation is 1. The van der Waals surface area contributed by atoms with Gasteiger partial charge in [-0.25, -0.2) is 4.39 Å². The molecule has 0 saturated carbocycles. The lowest BCUT2D eigenvalue weighted by Crippen LogP contribution is -2.33. The molecule has 0 aromatic heterocycles. The molecule has 2 aromatic rings. The van der Waals surface area contributed by atoms with Crippen LogP contribution in [-0.2, 0) is 4.57 Å². The van der Waals surface area contributed by atoms with Crippen LogP contribution in [0.3, 0.4) is 0 Å². The Bertz CT molecular complexity index is 810. The molecule has 144 valence electrons. The molecule has 1 aliphatic rings. The number of amides is 1. The van der Waals surface area contributed by atoms with Crippen molar-refractivity contribution in [2.75, 3.05) is 18.4 Å². The van der Waals surface area contributed by atoms with Crippen LogP contribution in [0, 0.1) is 12.7 Å². The van der Waals surface area contributed by atoms with Crippen molar-refractivity contribution >= 4 is 24.9 Å². The minimum Gasteiger partial charge on any atom is -0.591 e. The lowest BCUT2D eigenvalue weighted by molar-refractivity contribution is -0.160. The van der Waals surface area contributed by atoms with Crippen molar-refractivity contribution in [3.63, 3.8) is 0 Å². The minimum atomic E-state index is -2.73. The zero-order valence-electron chi connectivity index (χ0n) is 14.9. The van der Waals surface area contributed by atoms with E-state index in [1.165, 1.54) is 42.5 Å². The van der Waals surface area contributed by atoms with Crippen LogP contribution in [0.4, 0.5) is 10.1 Å². The third-order valence-corrected chi connectivity index (χ3v) is 4.71. The van der Waals surface area contributed by atoms with Gasteiger partial charge in [-0.15, -0.1) is 0 Å². The standard InChI is InChI=1S/C14H11FNO3P.C5H11NO/c1-9-7-11(5-6-13(9)15)16-14(17)10-3-2-4-12(8-10)20(18)19;7-5-2-1-3-6-4-5/h2-8H,1H3,(H,16,17);5-7H,1-4H2. The van der Waals surface area contributed by atoms with Crippen LogP contribution in [0.1, 0.15) is 28.8 Å². The molecule has 3 rings (SSSR count). The molecule has 2 atom stereocenters. The molecule has 2 unspecified atom stereocenters. The number of piperidine rings is 1. The first-order valence-corrected chi connectivity index (χ1v) is 9.75. The number of nitrogens with one attached hydrogen (secondary N) is 2. The number of β-amino-alcohol motifs (C(OH)–C–C–N with tert-alkyl or cyclic N) is 1. The van der Waals surface area contributed by atoms with E-state index in [1.54, 1.807) is 6.92 Å². The maximum Gasteiger partial charge on any atom is 0.348 e. The van der Waals surface area contributed by atoms with Crippen molar-refractivity contribution in [1.82, 2.24) is 5.32 Å². The molecule has 8 heteroatoms. The molecule has 3 N–H and O–H groups in total. The molecule has 0 aliphatic carbocycles. The topological polar surface area (TPSA) is 101 Å². The van der Waals surface area contributed by atoms with Crippen molar-refractivity contribution in [2.24, 2.45) is 0 Å². The Kier molecular flexibility index (Phi) is 8.00. The van der Waals surface area contributed by atoms with E-state index in [9.17, 15) is 18.6 Å². The van der Waals surface area contributed by atoms with Gasteiger partial charge in [-0.2, -0.15) is 0 Å². The summed E-state index contributed by atoms with van der Waals surface area (Å²) >= 11 is 0. The Hall–Kier alpha value is -2.18. The minimum absolute atomic E-state index is 0.0722. The van der Waals surface area contributed by atoms with E-state index in [0.717, 1.165) is 25.9 Å². The van der Waals surface area contributed by atoms with Gasteiger partial charge in [0, 0.05) is 23.9 Å². The van der Waals surface area contributed by atoms with E-state index in [0.29, 0.717) is 11.3 Å². The van der Waals surface area contributed by atoms with Crippen LogP contribution < -0.4 is 20.8 Å². The summed E-state index contributed by atoms with van der Waals surface area (Å²) < 4.78 is 24.0. The van der Waals surface area contributed by atoms with E-state index in [4.69, 9.17) is 5.11 Å². The normalized spacial score (nSPS) is 16.7. The summed E-state index contributed by atoms with van der Waals surface area (Å²) in [5.41, 5.74) is 1.09. The molecule has 1 fully saturated rings. The summed E-state index contributed by atoms with van der Waals surface area (Å²) in [6.45, 7) is 3.46. The lowest BCUT2D eigenvalue weighted by Gasteiger charge is -2.16. The van der Waals surface area contributed by atoms with Gasteiger partial charge >= 0.3 is 8.03 Å². The van der Waals surface area contributed by atoms with Crippen LogP contribution in [0.5, 0.6) is 0 Å². The summed E-state index contributed by atoms with van der Waals surface area (Å²) in [5, 5.41) is 14.6. The summed E-state index contributed by atoms with van der Waals surface area (Å²) in [7, 11) is -2.73. The third-order valence-electron chi connectivity index (χ3n) is 4.01. The summed E-state index contributed by atoms with van der Waals surface area (Å²) in [4.78, 5) is 22.9. The molecule has 0 bridgehead atoms. The highest BCUT2D eigenvalue weighted by Crippen LogP contribution is 2.15. The molecule has 1 aliphatic heterocycles. The molecule has 0 radical (unpaired) electrons. The number of aliphatic hydroxyl groups excluding tert-OH is 1. The summed E-state index contributed by atoms with van der Waals surface area (Å²) in [6.07, 6.45) is 2.03. The highest BCUT2D eigenvalue weighted by molar-refractivity contribution is 7.45. The van der Waals surface area contributed by atoms with E-state index in [-0.39, 0.29) is 22.8 Å². The van der Waals surface area contributed by atoms with E-state index < -0.39 is 13.9 Å². The van der Waals surface area contributed by atoms with E-state index in [2.05, 4.69) is 10.6 Å². The van der Waals surface area contributed by atoms with Gasteiger partial charge in [0.1, 0.15) is 5.82 Å². The second-order valence-electron chi connectivity index (χ2n) is 6.23. The van der Waals surface area contributed by atoms with Gasteiger partial charge in [-0.1, -0.05) is 10.6 Å². The molecule has 1 heterocycles. The number of benzene rings is 2. The van der Waals surface area contributed by atoms with Crippen LogP contribution in [0.15, 0.2) is 42.5 Å². The molecule has 1 amide bonds. The van der Waals surface area contributed by atoms with Crippen molar-refractivity contribution in [3.8, 4) is 0 Å². The summed E-state index contributed by atoms with van der Waals surface area (Å²) in [5.74, 6) is -0.803. The fraction of sp³-hybridized carbons (Fsp3) is 0.316. The number of halogens is 1. The molecule has 27 heavy (non-hydrogen) atoms. The largest absolute Gasteiger partial charge is 0.591 e. The van der Waals surface area contributed by atoms with Crippen molar-refractivity contribution < 1.29 is 23.7 Å². The highest BCUT2D eigenvalue weighted by Gasteiger charge is 2.12. The van der Waals surface area contributed by atoms with Gasteiger partial charge in [-0.05, 0) is 62.2 Å². The van der Waals surface area contributed by atoms with Crippen molar-refractivity contribution in [2.45, 2.75) is 25.9 Å². The Morgan fingerprint density at radius 2 is 2.11 bits per heavy atom.